The van der Waals surface area contributed by atoms with Crippen LogP contribution < -0.4 is 11.1 Å². The van der Waals surface area contributed by atoms with Gasteiger partial charge in [0.2, 0.25) is 0 Å². The lowest BCUT2D eigenvalue weighted by Gasteiger charge is -2.10. The average Bonchev–Trinajstić information content (AvgIpc) is 2.90. The quantitative estimate of drug-likeness (QED) is 0.827. The fourth-order valence-corrected chi connectivity index (χ4v) is 2.09. The number of nitrogens with one attached hydrogen (secondary N) is 1. The van der Waals surface area contributed by atoms with E-state index in [1.54, 1.807) is 0 Å². The Bertz CT molecular complexity index is 836. The molecular weight excluding hydrogens is 303 g/mol. The summed E-state index contributed by atoms with van der Waals surface area (Å²) < 4.78 is 19.7. The summed E-state index contributed by atoms with van der Waals surface area (Å²) in [5.41, 5.74) is 5.82. The zero-order chi connectivity index (χ0) is 17.1. The van der Waals surface area contributed by atoms with Gasteiger partial charge in [-0.05, 0) is 18.2 Å². The maximum Gasteiger partial charge on any atom is 0.357 e. The summed E-state index contributed by atoms with van der Waals surface area (Å²) >= 11 is 0. The molecule has 0 aliphatic rings. The Kier molecular flexibility index (Phi) is 4.32. The number of anilines is 1. The molecule has 2 aromatic rings. The van der Waals surface area contributed by atoms with Crippen molar-refractivity contribution in [1.29, 1.82) is 5.26 Å². The van der Waals surface area contributed by atoms with Crippen molar-refractivity contribution in [3.8, 4) is 11.8 Å². The van der Waals surface area contributed by atoms with Crippen LogP contribution in [0.25, 0.3) is 5.69 Å². The van der Waals surface area contributed by atoms with Crippen molar-refractivity contribution in [3.63, 3.8) is 0 Å². The van der Waals surface area contributed by atoms with Crippen molar-refractivity contribution < 1.29 is 18.7 Å². The third-order valence-electron chi connectivity index (χ3n) is 3.24. The number of hydrogen-bond donors (Lipinski definition) is 2. The molecule has 0 saturated carbocycles. The van der Waals surface area contributed by atoms with Gasteiger partial charge in [-0.25, -0.2) is 9.18 Å². The van der Waals surface area contributed by atoms with Gasteiger partial charge in [0.15, 0.2) is 5.69 Å². The Hall–Kier alpha value is -3.34. The summed E-state index contributed by atoms with van der Waals surface area (Å²) in [6, 6.07) is 5.55. The molecule has 0 spiro atoms. The van der Waals surface area contributed by atoms with E-state index < -0.39 is 17.7 Å². The summed E-state index contributed by atoms with van der Waals surface area (Å²) in [6.45, 7) is 0. The highest BCUT2D eigenvalue weighted by molar-refractivity contribution is 5.97. The fourth-order valence-electron chi connectivity index (χ4n) is 2.09. The van der Waals surface area contributed by atoms with Gasteiger partial charge in [-0.15, -0.1) is 0 Å². The minimum atomic E-state index is -0.755. The van der Waals surface area contributed by atoms with Gasteiger partial charge < -0.3 is 20.4 Å². The van der Waals surface area contributed by atoms with Crippen molar-refractivity contribution in [2.75, 3.05) is 19.9 Å². The first-order valence-electron chi connectivity index (χ1n) is 6.45. The number of rotatable bonds is 3. The second-order valence-corrected chi connectivity index (χ2v) is 4.52. The van der Waals surface area contributed by atoms with E-state index in [4.69, 9.17) is 11.0 Å². The van der Waals surface area contributed by atoms with Crippen LogP contribution >= 0.6 is 0 Å². The van der Waals surface area contributed by atoms with Gasteiger partial charge in [-0.1, -0.05) is 0 Å². The van der Waals surface area contributed by atoms with Crippen molar-refractivity contribution in [2.45, 2.75) is 0 Å². The third kappa shape index (κ3) is 2.72. The van der Waals surface area contributed by atoms with E-state index >= 15 is 0 Å². The molecule has 0 bridgehead atoms. The number of benzene rings is 1. The molecule has 0 unspecified atom stereocenters. The van der Waals surface area contributed by atoms with Crippen LogP contribution in [0, 0.1) is 17.1 Å². The third-order valence-corrected chi connectivity index (χ3v) is 3.24. The highest BCUT2D eigenvalue weighted by atomic mass is 19.1. The largest absolute Gasteiger partial charge is 0.464 e. The molecule has 0 aliphatic heterocycles. The number of nitrogens with two attached hydrogens (primary N) is 1. The Morgan fingerprint density at radius 1 is 1.43 bits per heavy atom. The van der Waals surface area contributed by atoms with E-state index in [1.165, 1.54) is 37.1 Å². The topological polar surface area (TPSA) is 110 Å². The Morgan fingerprint density at radius 3 is 2.70 bits per heavy atom. The highest BCUT2D eigenvalue weighted by Gasteiger charge is 2.22. The molecule has 0 aliphatic carbocycles. The predicted molar refractivity (Wildman–Crippen MR) is 79.6 cm³/mol. The monoisotopic (exact) mass is 316 g/mol. The lowest BCUT2D eigenvalue weighted by molar-refractivity contribution is 0.0593. The van der Waals surface area contributed by atoms with Gasteiger partial charge in [0.25, 0.3) is 5.91 Å². The van der Waals surface area contributed by atoms with Gasteiger partial charge in [0.05, 0.1) is 23.9 Å². The normalized spacial score (nSPS) is 10.0. The molecule has 1 aromatic carbocycles. The number of nitrogen functional groups attached to an aromatic ring is 1. The van der Waals surface area contributed by atoms with Crippen molar-refractivity contribution in [2.24, 2.45) is 0 Å². The van der Waals surface area contributed by atoms with E-state index in [2.05, 4.69) is 10.1 Å². The summed E-state index contributed by atoms with van der Waals surface area (Å²) in [7, 11) is 2.54. The second-order valence-electron chi connectivity index (χ2n) is 4.52. The predicted octanol–water partition coefficient (Wildman–Crippen LogP) is 1.22. The Morgan fingerprint density at radius 2 is 2.13 bits per heavy atom. The van der Waals surface area contributed by atoms with E-state index in [-0.39, 0.29) is 22.5 Å². The van der Waals surface area contributed by atoms with Crippen molar-refractivity contribution in [3.05, 3.63) is 47.0 Å². The van der Waals surface area contributed by atoms with Gasteiger partial charge in [-0.3, -0.25) is 4.79 Å². The molecule has 23 heavy (non-hydrogen) atoms. The minimum absolute atomic E-state index is 0.0508. The average molecular weight is 316 g/mol. The number of carbonyl (C=O) groups excluding carboxylic acids is 2. The molecule has 0 fully saturated rings. The Balaban J connectivity index is 2.70. The molecule has 2 rings (SSSR count). The fraction of sp³-hybridized carbons (Fsp3) is 0.133. The number of halogens is 1. The van der Waals surface area contributed by atoms with Crippen LogP contribution in [0.2, 0.25) is 0 Å². The number of methoxy groups -OCH3 is 1. The number of esters is 1. The number of nitriles is 1. The zero-order valence-corrected chi connectivity index (χ0v) is 12.4. The van der Waals surface area contributed by atoms with Gasteiger partial charge >= 0.3 is 5.97 Å². The molecule has 1 amide bonds. The summed E-state index contributed by atoms with van der Waals surface area (Å²) in [6.07, 6.45) is 1.32. The van der Waals surface area contributed by atoms with Crippen LogP contribution in [-0.2, 0) is 4.74 Å². The summed E-state index contributed by atoms with van der Waals surface area (Å²) in [5, 5.41) is 11.4. The van der Waals surface area contributed by atoms with Crippen molar-refractivity contribution >= 4 is 17.6 Å². The van der Waals surface area contributed by atoms with E-state index in [0.717, 1.165) is 6.07 Å². The summed E-state index contributed by atoms with van der Waals surface area (Å²) in [5.74, 6) is -2.09. The van der Waals surface area contributed by atoms with Gasteiger partial charge in [-0.2, -0.15) is 5.26 Å². The van der Waals surface area contributed by atoms with E-state index in [0.29, 0.717) is 5.69 Å². The lowest BCUT2D eigenvalue weighted by atomic mass is 10.1. The SMILES string of the molecule is CNC(=O)c1cc(-n2cc(C#N)c(N)c2C(=O)OC)ccc1F. The standard InChI is InChI=1S/C15H13FN4O3/c1-19-14(21)10-5-9(3-4-11(10)16)20-7-8(6-17)12(18)13(20)15(22)23-2/h3-5,7H,18H2,1-2H3,(H,19,21). The second kappa shape index (κ2) is 6.19. The smallest absolute Gasteiger partial charge is 0.357 e. The first kappa shape index (κ1) is 16.0. The van der Waals surface area contributed by atoms with Crippen LogP contribution in [0.4, 0.5) is 10.1 Å². The molecule has 0 saturated heterocycles. The molecule has 3 N–H and O–H groups in total. The van der Waals surface area contributed by atoms with Crippen LogP contribution in [0.1, 0.15) is 26.4 Å². The molecule has 7 nitrogen and oxygen atoms in total. The molecule has 118 valence electrons. The van der Waals surface area contributed by atoms with Crippen LogP contribution in [-0.4, -0.2) is 30.6 Å². The van der Waals surface area contributed by atoms with E-state index in [9.17, 15) is 14.0 Å². The highest BCUT2D eigenvalue weighted by Crippen LogP contribution is 2.25. The van der Waals surface area contributed by atoms with Gasteiger partial charge in [0, 0.05) is 18.9 Å². The lowest BCUT2D eigenvalue weighted by Crippen LogP contribution is -2.20. The van der Waals surface area contributed by atoms with Crippen LogP contribution in [0.5, 0.6) is 0 Å². The molecule has 1 heterocycles. The number of nitrogens with zero attached hydrogens (tertiary/aromatic N) is 2. The number of ether oxygens (including phenoxy) is 1. The number of hydrogen-bond acceptors (Lipinski definition) is 5. The molecule has 8 heteroatoms. The summed E-state index contributed by atoms with van der Waals surface area (Å²) in [4.78, 5) is 23.6. The first-order chi connectivity index (χ1) is 10.9. The number of amides is 1. The van der Waals surface area contributed by atoms with E-state index in [1.807, 2.05) is 6.07 Å². The maximum atomic E-state index is 13.8. The maximum absolute atomic E-state index is 13.8. The van der Waals surface area contributed by atoms with Gasteiger partial charge in [0.1, 0.15) is 11.9 Å². The minimum Gasteiger partial charge on any atom is -0.464 e. The number of carbonyl (C=O) groups is 2. The number of aromatic nitrogens is 1. The van der Waals surface area contributed by atoms with Crippen LogP contribution in [0.15, 0.2) is 24.4 Å². The Labute approximate surface area is 131 Å². The molecule has 0 radical (unpaired) electrons. The molecule has 1 aromatic heterocycles. The molecular formula is C15H13FN4O3. The first-order valence-corrected chi connectivity index (χ1v) is 6.45. The van der Waals surface area contributed by atoms with Crippen LogP contribution in [0.3, 0.4) is 0 Å². The molecule has 0 atom stereocenters. The zero-order valence-electron chi connectivity index (χ0n) is 12.4. The van der Waals surface area contributed by atoms with Crippen molar-refractivity contribution in [1.82, 2.24) is 9.88 Å².